The van der Waals surface area contributed by atoms with E-state index in [1.165, 1.54) is 23.3 Å². The Labute approximate surface area is 187 Å². The van der Waals surface area contributed by atoms with Gasteiger partial charge in [-0.15, -0.1) is 21.5 Å². The zero-order chi connectivity index (χ0) is 21.4. The second-order valence-electron chi connectivity index (χ2n) is 9.30. The van der Waals surface area contributed by atoms with Gasteiger partial charge >= 0.3 is 0 Å². The first-order valence-corrected chi connectivity index (χ1v) is 12.5. The van der Waals surface area contributed by atoms with Gasteiger partial charge in [-0.2, -0.15) is 0 Å². The van der Waals surface area contributed by atoms with Crippen molar-refractivity contribution in [1.82, 2.24) is 20.1 Å². The SMILES string of the molecule is CCn1cnnc1NCC1CCc2sc(CC(=O)C3CC3)c(C(=O)NCC3CC3)c2C1. The number of Topliss-reactive ketones (excluding diaryl/α,β-unsaturated/α-hetero) is 1. The van der Waals surface area contributed by atoms with Crippen molar-refractivity contribution in [1.29, 1.82) is 0 Å². The molecule has 1 amide bonds. The van der Waals surface area contributed by atoms with Gasteiger partial charge in [-0.3, -0.25) is 9.59 Å². The van der Waals surface area contributed by atoms with E-state index in [0.717, 1.165) is 68.1 Å². The molecule has 7 nitrogen and oxygen atoms in total. The Hall–Kier alpha value is -2.22. The molecule has 0 aliphatic heterocycles. The molecule has 2 N–H and O–H groups in total. The minimum absolute atomic E-state index is 0.0299. The molecule has 0 aromatic carbocycles. The summed E-state index contributed by atoms with van der Waals surface area (Å²) in [5.74, 6) is 2.45. The number of aryl methyl sites for hydroxylation is 2. The highest BCUT2D eigenvalue weighted by Gasteiger charge is 2.34. The maximum atomic E-state index is 13.2. The van der Waals surface area contributed by atoms with Gasteiger partial charge in [0.2, 0.25) is 5.95 Å². The van der Waals surface area contributed by atoms with Gasteiger partial charge in [-0.25, -0.2) is 0 Å². The molecule has 1 atom stereocenters. The van der Waals surface area contributed by atoms with Crippen LogP contribution < -0.4 is 10.6 Å². The van der Waals surface area contributed by atoms with Crippen LogP contribution in [0.5, 0.6) is 0 Å². The number of rotatable bonds is 10. The van der Waals surface area contributed by atoms with Crippen LogP contribution >= 0.6 is 11.3 Å². The molecule has 5 rings (SSSR count). The summed E-state index contributed by atoms with van der Waals surface area (Å²) in [6.07, 6.45) is 9.57. The average Bonchev–Trinajstić information content (AvgIpc) is 3.70. The Morgan fingerprint density at radius 1 is 1.16 bits per heavy atom. The number of carbonyl (C=O) groups excluding carboxylic acids is 2. The van der Waals surface area contributed by atoms with Crippen molar-refractivity contribution in [3.63, 3.8) is 0 Å². The number of nitrogens with zero attached hydrogens (tertiary/aromatic N) is 3. The highest BCUT2D eigenvalue weighted by molar-refractivity contribution is 7.12. The Balaban J connectivity index is 1.32. The van der Waals surface area contributed by atoms with Gasteiger partial charge in [0, 0.05) is 41.7 Å². The third-order valence-electron chi connectivity index (χ3n) is 6.78. The lowest BCUT2D eigenvalue weighted by Crippen LogP contribution is -2.29. The topological polar surface area (TPSA) is 88.9 Å². The second-order valence-corrected chi connectivity index (χ2v) is 10.5. The molecule has 0 spiro atoms. The van der Waals surface area contributed by atoms with Crippen LogP contribution in [0.2, 0.25) is 0 Å². The molecule has 0 bridgehead atoms. The van der Waals surface area contributed by atoms with Crippen LogP contribution in [0, 0.1) is 17.8 Å². The first-order valence-electron chi connectivity index (χ1n) is 11.7. The molecular weight excluding hydrogens is 410 g/mol. The number of hydrogen-bond donors (Lipinski definition) is 2. The van der Waals surface area contributed by atoms with E-state index >= 15 is 0 Å². The van der Waals surface area contributed by atoms with E-state index in [1.54, 1.807) is 17.7 Å². The van der Waals surface area contributed by atoms with Crippen molar-refractivity contribution in [3.05, 3.63) is 27.2 Å². The van der Waals surface area contributed by atoms with Crippen molar-refractivity contribution >= 4 is 29.0 Å². The van der Waals surface area contributed by atoms with E-state index in [-0.39, 0.29) is 11.8 Å². The van der Waals surface area contributed by atoms with Crippen LogP contribution in [0.1, 0.15) is 64.7 Å². The highest BCUT2D eigenvalue weighted by atomic mass is 32.1. The van der Waals surface area contributed by atoms with Crippen LogP contribution in [-0.2, 0) is 30.6 Å². The molecule has 2 aromatic rings. The molecule has 2 aromatic heterocycles. The number of fused-ring (bicyclic) bond motifs is 1. The molecule has 31 heavy (non-hydrogen) atoms. The molecule has 3 aliphatic rings. The van der Waals surface area contributed by atoms with Gasteiger partial charge < -0.3 is 15.2 Å². The minimum Gasteiger partial charge on any atom is -0.354 e. The van der Waals surface area contributed by atoms with Gasteiger partial charge in [0.25, 0.3) is 5.91 Å². The average molecular weight is 442 g/mol. The minimum atomic E-state index is 0.0299. The fourth-order valence-electron chi connectivity index (χ4n) is 4.49. The molecule has 2 saturated carbocycles. The van der Waals surface area contributed by atoms with E-state index in [0.29, 0.717) is 24.0 Å². The molecule has 166 valence electrons. The number of aromatic nitrogens is 3. The van der Waals surface area contributed by atoms with E-state index in [9.17, 15) is 9.59 Å². The Bertz CT molecular complexity index is 973. The van der Waals surface area contributed by atoms with E-state index in [1.807, 2.05) is 4.57 Å². The highest BCUT2D eigenvalue weighted by Crippen LogP contribution is 2.39. The molecule has 3 aliphatic carbocycles. The maximum absolute atomic E-state index is 13.2. The van der Waals surface area contributed by atoms with Crippen LogP contribution in [0.15, 0.2) is 6.33 Å². The standard InChI is InChI=1S/C23H31N5O2S/c1-2-28-13-26-27-23(28)25-12-15-5-8-19-17(9-15)21(22(30)24-11-14-3-4-14)20(31-19)10-18(29)16-6-7-16/h13-16H,2-12H2,1H3,(H,24,30)(H,25,27). The number of hydrogen-bond acceptors (Lipinski definition) is 6. The summed E-state index contributed by atoms with van der Waals surface area (Å²) >= 11 is 1.71. The van der Waals surface area contributed by atoms with Gasteiger partial charge in [0.15, 0.2) is 0 Å². The quantitative estimate of drug-likeness (QED) is 0.591. The number of amides is 1. The molecular formula is C23H31N5O2S. The summed E-state index contributed by atoms with van der Waals surface area (Å²) in [5.41, 5.74) is 2.00. The monoisotopic (exact) mass is 441 g/mol. The van der Waals surface area contributed by atoms with Crippen molar-refractivity contribution in [3.8, 4) is 0 Å². The zero-order valence-corrected chi connectivity index (χ0v) is 19.0. The molecule has 2 heterocycles. The first-order chi connectivity index (χ1) is 15.1. The first kappa shape index (κ1) is 20.7. The molecule has 0 radical (unpaired) electrons. The molecule has 8 heteroatoms. The Kier molecular flexibility index (Phi) is 5.82. The lowest BCUT2D eigenvalue weighted by Gasteiger charge is -2.23. The van der Waals surface area contributed by atoms with Gasteiger partial charge in [-0.05, 0) is 69.3 Å². The Morgan fingerprint density at radius 2 is 2.00 bits per heavy atom. The largest absolute Gasteiger partial charge is 0.354 e. The number of ketones is 1. The fraction of sp³-hybridized carbons (Fsp3) is 0.652. The van der Waals surface area contributed by atoms with Crippen molar-refractivity contribution in [2.75, 3.05) is 18.4 Å². The molecule has 1 unspecified atom stereocenters. The van der Waals surface area contributed by atoms with Crippen LogP contribution in [0.25, 0.3) is 0 Å². The summed E-state index contributed by atoms with van der Waals surface area (Å²) < 4.78 is 2.00. The third kappa shape index (κ3) is 4.68. The second kappa shape index (κ2) is 8.73. The predicted octanol–water partition coefficient (Wildman–Crippen LogP) is 3.24. The van der Waals surface area contributed by atoms with Crippen LogP contribution in [0.4, 0.5) is 5.95 Å². The van der Waals surface area contributed by atoms with Gasteiger partial charge in [0.05, 0.1) is 5.56 Å². The summed E-state index contributed by atoms with van der Waals surface area (Å²) in [6, 6.07) is 0. The van der Waals surface area contributed by atoms with Crippen LogP contribution in [-0.4, -0.2) is 39.5 Å². The predicted molar refractivity (Wildman–Crippen MR) is 121 cm³/mol. The van der Waals surface area contributed by atoms with E-state index in [4.69, 9.17) is 0 Å². The van der Waals surface area contributed by atoms with E-state index < -0.39 is 0 Å². The zero-order valence-electron chi connectivity index (χ0n) is 18.2. The van der Waals surface area contributed by atoms with E-state index in [2.05, 4.69) is 27.8 Å². The summed E-state index contributed by atoms with van der Waals surface area (Å²) in [7, 11) is 0. The lowest BCUT2D eigenvalue weighted by atomic mass is 9.85. The fourth-order valence-corrected chi connectivity index (χ4v) is 5.85. The van der Waals surface area contributed by atoms with Crippen molar-refractivity contribution in [2.24, 2.45) is 17.8 Å². The number of anilines is 1. The summed E-state index contributed by atoms with van der Waals surface area (Å²) in [6.45, 7) is 4.48. The maximum Gasteiger partial charge on any atom is 0.252 e. The van der Waals surface area contributed by atoms with Crippen molar-refractivity contribution in [2.45, 2.75) is 64.8 Å². The normalized spacial score (nSPS) is 20.4. The van der Waals surface area contributed by atoms with Gasteiger partial charge in [-0.1, -0.05) is 0 Å². The van der Waals surface area contributed by atoms with Crippen molar-refractivity contribution < 1.29 is 9.59 Å². The number of thiophene rings is 1. The molecule has 2 fully saturated rings. The molecule has 0 saturated heterocycles. The third-order valence-corrected chi connectivity index (χ3v) is 8.08. The summed E-state index contributed by atoms with van der Waals surface area (Å²) in [5, 5.41) is 14.8. The lowest BCUT2D eigenvalue weighted by molar-refractivity contribution is -0.119. The summed E-state index contributed by atoms with van der Waals surface area (Å²) in [4.78, 5) is 28.0. The number of carbonyl (C=O) groups is 2. The smallest absolute Gasteiger partial charge is 0.252 e. The van der Waals surface area contributed by atoms with Gasteiger partial charge in [0.1, 0.15) is 12.1 Å². The Morgan fingerprint density at radius 3 is 2.74 bits per heavy atom. The van der Waals surface area contributed by atoms with Crippen LogP contribution in [0.3, 0.4) is 0 Å². The number of nitrogens with one attached hydrogen (secondary N) is 2.